The van der Waals surface area contributed by atoms with Gasteiger partial charge in [-0.2, -0.15) is 0 Å². The van der Waals surface area contributed by atoms with Crippen LogP contribution in [0.2, 0.25) is 0 Å². The lowest BCUT2D eigenvalue weighted by molar-refractivity contribution is -0.143. The summed E-state index contributed by atoms with van der Waals surface area (Å²) in [6.07, 6.45) is 3.29. The van der Waals surface area contributed by atoms with E-state index < -0.39 is 147 Å². The number of amides is 7. The number of hydrogen-bond acceptors (Lipinski definition) is 19. The van der Waals surface area contributed by atoms with Crippen molar-refractivity contribution in [2.45, 2.75) is 189 Å². The van der Waals surface area contributed by atoms with Crippen LogP contribution in [-0.4, -0.2) is 168 Å². The normalized spacial score (nSPS) is 22.2. The highest BCUT2D eigenvalue weighted by Gasteiger charge is 2.66. The van der Waals surface area contributed by atoms with Crippen molar-refractivity contribution in [3.05, 3.63) is 206 Å². The lowest BCUT2D eigenvalue weighted by Crippen LogP contribution is -2.60. The minimum atomic E-state index is -4.18. The van der Waals surface area contributed by atoms with Gasteiger partial charge in [-0.15, -0.1) is 38.0 Å². The molecule has 2 aromatic heterocycles. The number of likely N-dealkylation sites (tertiary alicyclic amines) is 2. The van der Waals surface area contributed by atoms with Crippen LogP contribution in [0.5, 0.6) is 23.0 Å². The second kappa shape index (κ2) is 35.4. The van der Waals surface area contributed by atoms with Crippen LogP contribution in [0.15, 0.2) is 195 Å². The predicted molar refractivity (Wildman–Crippen MR) is 468 cm³/mol. The summed E-state index contributed by atoms with van der Waals surface area (Å²) in [7, 11) is -5.14. The highest BCUT2D eigenvalue weighted by Crippen LogP contribution is 2.51. The summed E-state index contributed by atoms with van der Waals surface area (Å²) >= 11 is 0. The number of nitrogens with one attached hydrogen (secondary N) is 5. The van der Waals surface area contributed by atoms with Gasteiger partial charge in [0.05, 0.1) is 65.3 Å². The number of aromatic nitrogens is 2. The zero-order valence-electron chi connectivity index (χ0n) is 69.9. The number of ether oxygens (including phenoxy) is 5. The van der Waals surface area contributed by atoms with Gasteiger partial charge in [0.15, 0.2) is 0 Å². The van der Waals surface area contributed by atoms with E-state index in [0.29, 0.717) is 81.9 Å². The van der Waals surface area contributed by atoms with Crippen molar-refractivity contribution in [3.63, 3.8) is 0 Å². The first-order valence-electron chi connectivity index (χ1n) is 40.2. The summed E-state index contributed by atoms with van der Waals surface area (Å²) in [6.45, 7) is 23.7. The molecule has 2 aliphatic heterocycles. The molecule has 6 fully saturated rings. The number of methoxy groups -OCH3 is 2. The Bertz CT molecular complexity index is 5480. The van der Waals surface area contributed by atoms with Gasteiger partial charge in [0.2, 0.25) is 43.7 Å². The van der Waals surface area contributed by atoms with E-state index in [1.807, 2.05) is 178 Å². The molecule has 14 rings (SSSR count). The van der Waals surface area contributed by atoms with E-state index in [4.69, 9.17) is 39.4 Å². The summed E-state index contributed by atoms with van der Waals surface area (Å²) in [5.74, 6) is -2.89. The first-order valence-corrected chi connectivity index (χ1v) is 43.1. The van der Waals surface area contributed by atoms with Crippen LogP contribution in [0.25, 0.3) is 44.3 Å². The molecule has 26 nitrogen and oxygen atoms in total. The van der Waals surface area contributed by atoms with Crippen molar-refractivity contribution in [1.82, 2.24) is 45.2 Å². The summed E-state index contributed by atoms with van der Waals surface area (Å²) in [4.78, 5) is 112. The Morgan fingerprint density at radius 1 is 0.529 bits per heavy atom. The van der Waals surface area contributed by atoms with Gasteiger partial charge < -0.3 is 55.2 Å². The summed E-state index contributed by atoms with van der Waals surface area (Å²) in [5, 5.41) is 9.88. The average molecular weight is 1730 g/mol. The molecule has 4 saturated carbocycles. The Morgan fingerprint density at radius 3 is 1.23 bits per heavy atom. The number of pyridine rings is 2. The van der Waals surface area contributed by atoms with Gasteiger partial charge in [-0.1, -0.05) is 175 Å². The first-order chi connectivity index (χ1) is 56.3. The number of fused-ring (bicyclic) bond motifs is 2. The molecule has 30 heteroatoms. The number of sulfonamides is 2. The first kappa shape index (κ1) is 91.1. The molecule has 10 atom stereocenters. The lowest BCUT2D eigenvalue weighted by atomic mass is 9.85. The molecule has 7 amide bonds. The van der Waals surface area contributed by atoms with E-state index in [0.717, 1.165) is 22.3 Å². The van der Waals surface area contributed by atoms with E-state index in [9.17, 15) is 50.4 Å². The molecule has 4 aliphatic carbocycles. The fourth-order valence-electron chi connectivity index (χ4n) is 15.8. The maximum absolute atomic E-state index is 14.8. The van der Waals surface area contributed by atoms with E-state index >= 15 is 0 Å². The van der Waals surface area contributed by atoms with Crippen molar-refractivity contribution >= 4 is 108 Å². The van der Waals surface area contributed by atoms with Crippen molar-refractivity contribution in [2.24, 2.45) is 28.4 Å². The molecular weight excluding hydrogens is 1620 g/mol. The fraction of sp³-hybridized carbons (Fsp3) is 0.418. The molecule has 0 bridgehead atoms. The monoisotopic (exact) mass is 1730 g/mol. The zero-order chi connectivity index (χ0) is 85.6. The highest BCUT2D eigenvalue weighted by molar-refractivity contribution is 7.92. The number of alkyl carbamates (subject to hydrolysis) is 1. The van der Waals surface area contributed by atoms with Crippen LogP contribution in [0, 0.1) is 22.7 Å². The van der Waals surface area contributed by atoms with Crippen molar-refractivity contribution < 1.29 is 74.1 Å². The second-order valence-electron chi connectivity index (χ2n) is 35.3. The Balaban J connectivity index is 0.000000234. The van der Waals surface area contributed by atoms with Gasteiger partial charge in [-0.25, -0.2) is 31.6 Å². The molecule has 6 aliphatic rings. The van der Waals surface area contributed by atoms with E-state index in [2.05, 4.69) is 38.6 Å². The van der Waals surface area contributed by atoms with Gasteiger partial charge in [0.25, 0.3) is 11.8 Å². The minimum absolute atomic E-state index is 0. The van der Waals surface area contributed by atoms with Crippen molar-refractivity contribution in [2.75, 3.05) is 27.3 Å². The third kappa shape index (κ3) is 19.8. The Kier molecular flexibility index (Phi) is 26.7. The van der Waals surface area contributed by atoms with Crippen LogP contribution < -0.4 is 50.1 Å². The van der Waals surface area contributed by atoms with Crippen LogP contribution in [0.3, 0.4) is 0 Å². The molecule has 121 heavy (non-hydrogen) atoms. The maximum atomic E-state index is 14.8. The van der Waals surface area contributed by atoms with Gasteiger partial charge in [-0.05, 0) is 118 Å². The van der Waals surface area contributed by atoms with Gasteiger partial charge in [0.1, 0.15) is 70.0 Å². The molecule has 0 radical (unpaired) electrons. The van der Waals surface area contributed by atoms with Crippen molar-refractivity contribution in [1.29, 1.82) is 0 Å². The van der Waals surface area contributed by atoms with E-state index in [-0.39, 0.29) is 76.4 Å². The summed E-state index contributed by atoms with van der Waals surface area (Å²) in [6, 6.07) is 47.9. The molecule has 7 N–H and O–H groups in total. The number of carbonyl (C=O) groups is 7. The van der Waals surface area contributed by atoms with E-state index in [1.165, 1.54) is 22.0 Å². The Hall–Kier alpha value is -10.7. The van der Waals surface area contributed by atoms with Gasteiger partial charge >= 0.3 is 6.09 Å². The number of nitrogens with two attached hydrogens (primary N) is 1. The predicted octanol–water partition coefficient (Wildman–Crippen LogP) is 12.2. The average Bonchev–Trinajstić information content (AvgIpc) is 1.56. The van der Waals surface area contributed by atoms with Crippen LogP contribution >= 0.6 is 24.8 Å². The third-order valence-electron chi connectivity index (χ3n) is 23.4. The van der Waals surface area contributed by atoms with E-state index in [1.54, 1.807) is 67.9 Å². The number of halogens is 2. The molecule has 0 spiro atoms. The minimum Gasteiger partial charge on any atom is -0.497 e. The maximum Gasteiger partial charge on any atom is 0.408 e. The number of carbonyl (C=O) groups excluding carboxylic acids is 7. The molecule has 8 aromatic rings. The van der Waals surface area contributed by atoms with Gasteiger partial charge in [0, 0.05) is 70.8 Å². The second-order valence-corrected chi connectivity index (χ2v) is 39.5. The zero-order valence-corrected chi connectivity index (χ0v) is 73.1. The molecule has 2 saturated heterocycles. The van der Waals surface area contributed by atoms with Crippen LogP contribution in [0.1, 0.15) is 125 Å². The van der Waals surface area contributed by atoms with Crippen LogP contribution in [0.4, 0.5) is 4.79 Å². The number of rotatable bonds is 27. The Morgan fingerprint density at radius 2 is 0.901 bits per heavy atom. The topological polar surface area (TPSA) is 352 Å². The smallest absolute Gasteiger partial charge is 0.408 e. The largest absolute Gasteiger partial charge is 0.497 e. The number of nitrogens with zero attached hydrogens (tertiary/aromatic N) is 4. The Labute approximate surface area is 719 Å². The summed E-state index contributed by atoms with van der Waals surface area (Å²) in [5.41, 5.74) is 6.92. The number of hydrogen-bond donors (Lipinski definition) is 6. The standard InChI is InChI=1S/C48H57N5O9S.C43H49N5O7S.2ClH/c1-9-32-28-48(32,43(56)52-63(58,59)47(22-23-47)27-30-16-12-10-13-17-30)51-41(54)38-25-34(29-53(38)42(55)40(45(2,3)4)50-44(57)62-46(5,6)7)61-39-26-36(31-18-14-11-15-19-31)49-37-24-33(60-8)20-21-35(37)39;1-6-29-25-43(29,40(51)47-56(52,53)42(19-20-42)24-27-13-9-7-10-14-27)46-38(49)35-22-31(26-48(35)39(50)37(44)41(2,3)4)55-36-23-33(28-15-11-8-12-16-28)45-34-21-30(54-5)17-18-32(34)36;;/h9-21,24,26,32,34,38,40H,1,22-23,25,27-29H2,2-8H3,(H,50,57)(H,51,54)(H,52,56);6-18,21,23,29,31,35,37H,1,19-20,22,24-26,44H2,2-5H3,(H,46,49)(H,47,51);2*1H/t32-,34-,38+,40-,48-;29-,31-,35+,37-,43-;;/m11../s1. The lowest BCUT2D eigenvalue weighted by Gasteiger charge is -2.36. The van der Waals surface area contributed by atoms with Gasteiger partial charge in [-0.3, -0.25) is 38.2 Å². The molecule has 644 valence electrons. The summed E-state index contributed by atoms with van der Waals surface area (Å²) < 4.78 is 87.6. The fourth-order valence-corrected chi connectivity index (χ4v) is 19.1. The third-order valence-corrected chi connectivity index (χ3v) is 27.7. The van der Waals surface area contributed by atoms with Crippen molar-refractivity contribution in [3.8, 4) is 45.5 Å². The molecule has 0 unspecified atom stereocenters. The SMILES string of the molecule is C=C[C@@H]1C[C@]1(NC(=O)[C@@H]1C[C@@H](Oc2cc(-c3ccccc3)nc3cc(OC)ccc23)CN1C(=O)[C@@H](N)C(C)(C)C)C(=O)NS(=O)(=O)C1(Cc2ccccc2)CC1.C=C[C@@H]1C[C@]1(NC(=O)[C@@H]1C[C@@H](Oc2cc(-c3ccccc3)nc3cc(OC)ccc23)CN1C(=O)[C@@H](NC(=O)OC(C)(C)C)C(C)(C)C)C(=O)NS(=O)(=O)C1(Cc2ccccc2)CC1.Cl.Cl. The molecule has 6 aromatic carbocycles. The molecular formula is C91H108Cl2N10O16S2. The number of benzene rings is 6. The highest BCUT2D eigenvalue weighted by atomic mass is 35.5. The molecule has 4 heterocycles. The quantitative estimate of drug-likeness (QED) is 0.0260. The van der Waals surface area contributed by atoms with Crippen LogP contribution in [-0.2, 0) is 66.4 Å².